The maximum Gasteiger partial charge on any atom is 0.342 e. The van der Waals surface area contributed by atoms with Crippen molar-refractivity contribution < 1.29 is 14.7 Å². The summed E-state index contributed by atoms with van der Waals surface area (Å²) >= 11 is 0. The van der Waals surface area contributed by atoms with Gasteiger partial charge < -0.3 is 15.7 Å². The molecular formula is C21H26N4O3. The van der Waals surface area contributed by atoms with E-state index in [0.717, 1.165) is 37.8 Å². The van der Waals surface area contributed by atoms with E-state index in [9.17, 15) is 14.7 Å². The number of hydrogen-bond acceptors (Lipinski definition) is 4. The highest BCUT2D eigenvalue weighted by atomic mass is 16.3. The van der Waals surface area contributed by atoms with E-state index in [1.807, 2.05) is 19.9 Å². The lowest BCUT2D eigenvalue weighted by Crippen LogP contribution is -2.33. The SMILES string of the molecule is CC(C)C(=O)Nc1ccc(O)c(-c2cc(C3CCC3)n(C(=O)NC3CC3)n2)c1. The first kappa shape index (κ1) is 18.5. The van der Waals surface area contributed by atoms with Gasteiger partial charge in [0.2, 0.25) is 5.91 Å². The molecule has 2 aliphatic carbocycles. The summed E-state index contributed by atoms with van der Waals surface area (Å²) in [6, 6.07) is 6.82. The van der Waals surface area contributed by atoms with E-state index >= 15 is 0 Å². The Kier molecular flexibility index (Phi) is 4.83. The van der Waals surface area contributed by atoms with Crippen LogP contribution < -0.4 is 10.6 Å². The van der Waals surface area contributed by atoms with Gasteiger partial charge in [-0.15, -0.1) is 0 Å². The molecule has 0 bridgehead atoms. The van der Waals surface area contributed by atoms with E-state index in [-0.39, 0.29) is 29.6 Å². The normalized spacial score (nSPS) is 16.7. The highest BCUT2D eigenvalue weighted by Crippen LogP contribution is 2.39. The number of phenols is 1. The number of amides is 2. The predicted octanol–water partition coefficient (Wildman–Crippen LogP) is 3.84. The van der Waals surface area contributed by atoms with Crippen LogP contribution in [0.5, 0.6) is 5.75 Å². The van der Waals surface area contributed by atoms with Gasteiger partial charge in [-0.2, -0.15) is 9.78 Å². The number of aromatic nitrogens is 2. The predicted molar refractivity (Wildman–Crippen MR) is 106 cm³/mol. The minimum Gasteiger partial charge on any atom is -0.507 e. The summed E-state index contributed by atoms with van der Waals surface area (Å²) in [5.74, 6) is 0.140. The van der Waals surface area contributed by atoms with Crippen LogP contribution in [0.2, 0.25) is 0 Å². The summed E-state index contributed by atoms with van der Waals surface area (Å²) < 4.78 is 1.45. The first-order valence-corrected chi connectivity index (χ1v) is 9.97. The quantitative estimate of drug-likeness (QED) is 0.685. The van der Waals surface area contributed by atoms with Gasteiger partial charge in [-0.25, -0.2) is 4.79 Å². The molecule has 1 heterocycles. The number of phenolic OH excluding ortho intramolecular Hbond substituents is 1. The van der Waals surface area contributed by atoms with Gasteiger partial charge in [0, 0.05) is 29.1 Å². The zero-order valence-corrected chi connectivity index (χ0v) is 16.2. The highest BCUT2D eigenvalue weighted by Gasteiger charge is 2.30. The van der Waals surface area contributed by atoms with Gasteiger partial charge in [0.05, 0.1) is 11.4 Å². The van der Waals surface area contributed by atoms with Gasteiger partial charge in [-0.3, -0.25) is 4.79 Å². The van der Waals surface area contributed by atoms with Crippen molar-refractivity contribution in [3.8, 4) is 17.0 Å². The van der Waals surface area contributed by atoms with Crippen LogP contribution in [0, 0.1) is 5.92 Å². The number of nitrogens with zero attached hydrogens (tertiary/aromatic N) is 2. The fourth-order valence-electron chi connectivity index (χ4n) is 3.25. The molecule has 3 N–H and O–H groups in total. The Labute approximate surface area is 164 Å². The Balaban J connectivity index is 1.67. The molecular weight excluding hydrogens is 356 g/mol. The van der Waals surface area contributed by atoms with Crippen LogP contribution in [0.15, 0.2) is 24.3 Å². The van der Waals surface area contributed by atoms with Crippen molar-refractivity contribution in [2.45, 2.75) is 57.9 Å². The first-order chi connectivity index (χ1) is 13.4. The molecule has 0 aliphatic heterocycles. The van der Waals surface area contributed by atoms with E-state index in [4.69, 9.17) is 0 Å². The van der Waals surface area contributed by atoms with Gasteiger partial charge in [0.1, 0.15) is 5.75 Å². The van der Waals surface area contributed by atoms with Crippen LogP contribution >= 0.6 is 0 Å². The molecule has 4 rings (SSSR count). The molecule has 2 amide bonds. The average Bonchev–Trinajstić information content (AvgIpc) is 3.31. The monoisotopic (exact) mass is 382 g/mol. The molecule has 2 saturated carbocycles. The van der Waals surface area contributed by atoms with Crippen molar-refractivity contribution in [2.24, 2.45) is 5.92 Å². The fraction of sp³-hybridized carbons (Fsp3) is 0.476. The molecule has 2 fully saturated rings. The number of anilines is 1. The smallest absolute Gasteiger partial charge is 0.342 e. The second-order valence-electron chi connectivity index (χ2n) is 8.09. The first-order valence-electron chi connectivity index (χ1n) is 9.97. The van der Waals surface area contributed by atoms with Crippen molar-refractivity contribution in [3.63, 3.8) is 0 Å². The van der Waals surface area contributed by atoms with Crippen molar-refractivity contribution in [3.05, 3.63) is 30.0 Å². The number of rotatable bonds is 5. The molecule has 1 aromatic carbocycles. The summed E-state index contributed by atoms with van der Waals surface area (Å²) in [4.78, 5) is 24.6. The third-order valence-corrected chi connectivity index (χ3v) is 5.42. The van der Waals surface area contributed by atoms with Crippen LogP contribution in [0.1, 0.15) is 57.6 Å². The van der Waals surface area contributed by atoms with E-state index in [1.54, 1.807) is 12.1 Å². The molecule has 0 atom stereocenters. The largest absolute Gasteiger partial charge is 0.507 e. The van der Waals surface area contributed by atoms with E-state index < -0.39 is 0 Å². The molecule has 7 heteroatoms. The average molecular weight is 382 g/mol. The minimum absolute atomic E-state index is 0.0648. The lowest BCUT2D eigenvalue weighted by Gasteiger charge is -2.25. The second kappa shape index (κ2) is 7.30. The topological polar surface area (TPSA) is 96.2 Å². The number of benzene rings is 1. The Morgan fingerprint density at radius 1 is 1.18 bits per heavy atom. The maximum atomic E-state index is 12.6. The van der Waals surface area contributed by atoms with E-state index in [0.29, 0.717) is 22.9 Å². The fourth-order valence-corrected chi connectivity index (χ4v) is 3.25. The lowest BCUT2D eigenvalue weighted by atomic mass is 9.82. The molecule has 28 heavy (non-hydrogen) atoms. The summed E-state index contributed by atoms with van der Waals surface area (Å²) in [5, 5.41) is 20.7. The van der Waals surface area contributed by atoms with Crippen molar-refractivity contribution in [1.29, 1.82) is 0 Å². The molecule has 7 nitrogen and oxygen atoms in total. The number of carbonyl (C=O) groups excluding carboxylic acids is 2. The van der Waals surface area contributed by atoms with E-state index in [1.165, 1.54) is 10.7 Å². The second-order valence-corrected chi connectivity index (χ2v) is 8.09. The standard InChI is InChI=1S/C21H26N4O3/c1-12(2)20(27)22-15-8-9-19(26)16(10-15)17-11-18(13-4-3-5-13)25(24-17)21(28)23-14-6-7-14/h8-14,26H,3-7H2,1-2H3,(H,22,27)(H,23,28). The van der Waals surface area contributed by atoms with Gasteiger partial charge in [0.15, 0.2) is 0 Å². The third kappa shape index (κ3) is 3.74. The summed E-state index contributed by atoms with van der Waals surface area (Å²) in [6.45, 7) is 3.64. The van der Waals surface area contributed by atoms with Crippen LogP contribution in [0.3, 0.4) is 0 Å². The number of hydrogen-bond donors (Lipinski definition) is 3. The van der Waals surface area contributed by atoms with Gasteiger partial charge in [-0.05, 0) is 49.9 Å². The van der Waals surface area contributed by atoms with Gasteiger partial charge in [-0.1, -0.05) is 20.3 Å². The van der Waals surface area contributed by atoms with Crippen molar-refractivity contribution in [2.75, 3.05) is 5.32 Å². The zero-order chi connectivity index (χ0) is 19.8. The Morgan fingerprint density at radius 2 is 1.93 bits per heavy atom. The number of nitrogens with one attached hydrogen (secondary N) is 2. The highest BCUT2D eigenvalue weighted by molar-refractivity contribution is 5.93. The summed E-state index contributed by atoms with van der Waals surface area (Å²) in [6.07, 6.45) is 5.25. The zero-order valence-electron chi connectivity index (χ0n) is 16.2. The molecule has 2 aliphatic rings. The Bertz CT molecular complexity index is 910. The lowest BCUT2D eigenvalue weighted by molar-refractivity contribution is -0.118. The van der Waals surface area contributed by atoms with Crippen LogP contribution in [-0.2, 0) is 4.79 Å². The minimum atomic E-state index is -0.209. The maximum absolute atomic E-state index is 12.6. The molecule has 2 aromatic rings. The van der Waals surface area contributed by atoms with Crippen LogP contribution in [-0.4, -0.2) is 32.9 Å². The Morgan fingerprint density at radius 3 is 2.54 bits per heavy atom. The van der Waals surface area contributed by atoms with Crippen molar-refractivity contribution in [1.82, 2.24) is 15.1 Å². The third-order valence-electron chi connectivity index (χ3n) is 5.42. The van der Waals surface area contributed by atoms with Crippen LogP contribution in [0.25, 0.3) is 11.3 Å². The van der Waals surface area contributed by atoms with Gasteiger partial charge in [0.25, 0.3) is 0 Å². The summed E-state index contributed by atoms with van der Waals surface area (Å²) in [7, 11) is 0. The van der Waals surface area contributed by atoms with E-state index in [2.05, 4.69) is 15.7 Å². The van der Waals surface area contributed by atoms with Crippen LogP contribution in [0.4, 0.5) is 10.5 Å². The van der Waals surface area contributed by atoms with Gasteiger partial charge >= 0.3 is 6.03 Å². The molecule has 0 unspecified atom stereocenters. The molecule has 148 valence electrons. The molecule has 0 radical (unpaired) electrons. The molecule has 1 aromatic heterocycles. The Hall–Kier alpha value is -2.83. The molecule has 0 saturated heterocycles. The number of aromatic hydroxyl groups is 1. The number of carbonyl (C=O) groups is 2. The van der Waals surface area contributed by atoms with Crippen molar-refractivity contribution >= 4 is 17.6 Å². The summed E-state index contributed by atoms with van der Waals surface area (Å²) in [5.41, 5.74) is 2.51. The molecule has 0 spiro atoms.